The zero-order valence-electron chi connectivity index (χ0n) is 15.3. The highest BCUT2D eigenvalue weighted by Gasteiger charge is 2.23. The molecule has 0 saturated carbocycles. The van der Waals surface area contributed by atoms with Crippen molar-refractivity contribution in [3.05, 3.63) is 23.2 Å². The highest BCUT2D eigenvalue weighted by molar-refractivity contribution is 9.11. The normalized spacial score (nSPS) is 20.1. The molecular weight excluding hydrogens is 380 g/mol. The number of halogens is 1. The molecule has 0 aromatic carbocycles. The zero-order valence-corrected chi connectivity index (χ0v) is 16.9. The van der Waals surface area contributed by atoms with Crippen molar-refractivity contribution in [1.82, 2.24) is 0 Å². The minimum Gasteiger partial charge on any atom is -0.469 e. The smallest absolute Gasteiger partial charge is 0.305 e. The molecule has 0 amide bonds. The van der Waals surface area contributed by atoms with Crippen LogP contribution < -0.4 is 0 Å². The summed E-state index contributed by atoms with van der Waals surface area (Å²) in [6.45, 7) is 0. The summed E-state index contributed by atoms with van der Waals surface area (Å²) in [5.41, 5.74) is 0. The van der Waals surface area contributed by atoms with Crippen molar-refractivity contribution >= 4 is 21.9 Å². The number of esters is 1. The lowest BCUT2D eigenvalue weighted by Crippen LogP contribution is -2.10. The Bertz CT molecular complexity index is 473. The quantitative estimate of drug-likeness (QED) is 0.249. The third-order valence-electron chi connectivity index (χ3n) is 4.27. The van der Waals surface area contributed by atoms with Crippen LogP contribution in [0, 0.1) is 11.8 Å². The molecular formula is C21H31BrO3. The van der Waals surface area contributed by atoms with Gasteiger partial charge >= 0.3 is 5.97 Å². The SMILES string of the molecule is COC(=O)CCCC1CCC(C#CC=CCCCCCCC=CBr)O1. The van der Waals surface area contributed by atoms with E-state index in [1.165, 1.54) is 32.8 Å². The predicted octanol–water partition coefficient (Wildman–Crippen LogP) is 5.69. The van der Waals surface area contributed by atoms with E-state index in [0.717, 1.165) is 38.5 Å². The first kappa shape index (κ1) is 22.0. The number of hydrogen-bond acceptors (Lipinski definition) is 3. The molecule has 140 valence electrons. The second kappa shape index (κ2) is 15.2. The maximum atomic E-state index is 11.1. The maximum Gasteiger partial charge on any atom is 0.305 e. The van der Waals surface area contributed by atoms with E-state index in [-0.39, 0.29) is 18.2 Å². The molecule has 0 radical (unpaired) electrons. The number of methoxy groups -OCH3 is 1. The number of rotatable bonds is 11. The van der Waals surface area contributed by atoms with Crippen LogP contribution in [0.4, 0.5) is 0 Å². The molecule has 3 nitrogen and oxygen atoms in total. The van der Waals surface area contributed by atoms with Gasteiger partial charge in [0.25, 0.3) is 0 Å². The average Bonchev–Trinajstić information content (AvgIpc) is 3.07. The first-order valence-electron chi connectivity index (χ1n) is 9.39. The Morgan fingerprint density at radius 3 is 2.64 bits per heavy atom. The topological polar surface area (TPSA) is 35.5 Å². The number of hydrogen-bond donors (Lipinski definition) is 0. The van der Waals surface area contributed by atoms with Crippen LogP contribution in [0.1, 0.15) is 70.6 Å². The van der Waals surface area contributed by atoms with E-state index in [1.807, 2.05) is 11.1 Å². The van der Waals surface area contributed by atoms with Crippen molar-refractivity contribution in [1.29, 1.82) is 0 Å². The van der Waals surface area contributed by atoms with E-state index in [9.17, 15) is 4.79 Å². The zero-order chi connectivity index (χ0) is 18.2. The van der Waals surface area contributed by atoms with Gasteiger partial charge in [0.2, 0.25) is 0 Å². The molecule has 4 heteroatoms. The predicted molar refractivity (Wildman–Crippen MR) is 106 cm³/mol. The van der Waals surface area contributed by atoms with Crippen LogP contribution in [-0.4, -0.2) is 25.3 Å². The van der Waals surface area contributed by atoms with Gasteiger partial charge in [-0.2, -0.15) is 0 Å². The van der Waals surface area contributed by atoms with E-state index in [4.69, 9.17) is 4.74 Å². The molecule has 1 saturated heterocycles. The summed E-state index contributed by atoms with van der Waals surface area (Å²) >= 11 is 3.29. The highest BCUT2D eigenvalue weighted by Crippen LogP contribution is 2.23. The number of allylic oxidation sites excluding steroid dienone is 3. The molecule has 0 aromatic heterocycles. The largest absolute Gasteiger partial charge is 0.469 e. The highest BCUT2D eigenvalue weighted by atomic mass is 79.9. The fraction of sp³-hybridized carbons (Fsp3) is 0.667. The van der Waals surface area contributed by atoms with Crippen molar-refractivity contribution in [2.24, 2.45) is 0 Å². The van der Waals surface area contributed by atoms with Crippen molar-refractivity contribution < 1.29 is 14.3 Å². The molecule has 0 aromatic rings. The average molecular weight is 411 g/mol. The Hall–Kier alpha value is -1.05. The van der Waals surface area contributed by atoms with Crippen LogP contribution in [0.2, 0.25) is 0 Å². The second-order valence-corrected chi connectivity index (χ2v) is 6.87. The molecule has 1 aliphatic heterocycles. The van der Waals surface area contributed by atoms with E-state index in [2.05, 4.69) is 44.7 Å². The lowest BCUT2D eigenvalue weighted by molar-refractivity contribution is -0.140. The molecule has 0 spiro atoms. The fourth-order valence-corrected chi connectivity index (χ4v) is 3.09. The van der Waals surface area contributed by atoms with Crippen LogP contribution in [0.15, 0.2) is 23.2 Å². The van der Waals surface area contributed by atoms with Crippen LogP contribution in [-0.2, 0) is 14.3 Å². The van der Waals surface area contributed by atoms with Crippen LogP contribution in [0.25, 0.3) is 0 Å². The van der Waals surface area contributed by atoms with Gasteiger partial charge in [0.15, 0.2) is 0 Å². The molecule has 0 N–H and O–H groups in total. The van der Waals surface area contributed by atoms with Gasteiger partial charge in [-0.05, 0) is 62.4 Å². The Kier molecular flexibility index (Phi) is 13.4. The van der Waals surface area contributed by atoms with Crippen LogP contribution >= 0.6 is 15.9 Å². The molecule has 0 aliphatic carbocycles. The first-order chi connectivity index (χ1) is 12.3. The molecule has 2 atom stereocenters. The second-order valence-electron chi connectivity index (χ2n) is 6.34. The lowest BCUT2D eigenvalue weighted by Gasteiger charge is -2.09. The van der Waals surface area contributed by atoms with Crippen LogP contribution in [0.3, 0.4) is 0 Å². The standard InChI is InChI=1S/C21H31BrO3/c1-24-21(23)15-12-14-20-17-16-19(25-20)13-10-8-6-4-2-3-5-7-9-11-18-22/h6,8,11,18-20H,2-5,7,9,12,14-17H2,1H3. The summed E-state index contributed by atoms with van der Waals surface area (Å²) in [5, 5.41) is 0. The Morgan fingerprint density at radius 2 is 1.92 bits per heavy atom. The van der Waals surface area contributed by atoms with Gasteiger partial charge < -0.3 is 9.47 Å². The van der Waals surface area contributed by atoms with Crippen molar-refractivity contribution in [2.45, 2.75) is 82.8 Å². The first-order valence-corrected chi connectivity index (χ1v) is 10.3. The van der Waals surface area contributed by atoms with E-state index in [0.29, 0.717) is 6.42 Å². The lowest BCUT2D eigenvalue weighted by atomic mass is 10.1. The molecule has 1 aliphatic rings. The van der Waals surface area contributed by atoms with Crippen molar-refractivity contribution in [3.8, 4) is 11.8 Å². The number of carbonyl (C=O) groups excluding carboxylic acids is 1. The molecule has 1 fully saturated rings. The van der Waals surface area contributed by atoms with Crippen LogP contribution in [0.5, 0.6) is 0 Å². The van der Waals surface area contributed by atoms with Gasteiger partial charge in [0.05, 0.1) is 13.2 Å². The van der Waals surface area contributed by atoms with Gasteiger partial charge in [-0.3, -0.25) is 4.79 Å². The Morgan fingerprint density at radius 1 is 1.16 bits per heavy atom. The Labute approximate surface area is 161 Å². The van der Waals surface area contributed by atoms with E-state index < -0.39 is 0 Å². The Balaban J connectivity index is 2.03. The summed E-state index contributed by atoms with van der Waals surface area (Å²) in [5.74, 6) is 6.15. The molecule has 1 heterocycles. The summed E-state index contributed by atoms with van der Waals surface area (Å²) in [6.07, 6.45) is 18.2. The minimum absolute atomic E-state index is 0.0512. The fourth-order valence-electron chi connectivity index (χ4n) is 2.82. The molecule has 2 unspecified atom stereocenters. The maximum absolute atomic E-state index is 11.1. The number of unbranched alkanes of at least 4 members (excludes halogenated alkanes) is 5. The molecule has 0 bridgehead atoms. The van der Waals surface area contributed by atoms with Crippen molar-refractivity contribution in [3.63, 3.8) is 0 Å². The van der Waals surface area contributed by atoms with E-state index >= 15 is 0 Å². The molecule has 1 rings (SSSR count). The third kappa shape index (κ3) is 12.0. The summed E-state index contributed by atoms with van der Waals surface area (Å²) < 4.78 is 10.5. The number of ether oxygens (including phenoxy) is 2. The minimum atomic E-state index is -0.143. The van der Waals surface area contributed by atoms with Crippen molar-refractivity contribution in [2.75, 3.05) is 7.11 Å². The number of carbonyl (C=O) groups is 1. The van der Waals surface area contributed by atoms with Gasteiger partial charge in [-0.25, -0.2) is 0 Å². The summed E-state index contributed by atoms with van der Waals surface area (Å²) in [7, 11) is 1.43. The van der Waals surface area contributed by atoms with Gasteiger partial charge in [0, 0.05) is 6.42 Å². The summed E-state index contributed by atoms with van der Waals surface area (Å²) in [4.78, 5) is 13.0. The third-order valence-corrected chi connectivity index (χ3v) is 4.64. The summed E-state index contributed by atoms with van der Waals surface area (Å²) in [6, 6.07) is 0. The monoisotopic (exact) mass is 410 g/mol. The molecule has 25 heavy (non-hydrogen) atoms. The van der Waals surface area contributed by atoms with Gasteiger partial charge in [-0.1, -0.05) is 52.8 Å². The van der Waals surface area contributed by atoms with E-state index in [1.54, 1.807) is 0 Å². The van der Waals surface area contributed by atoms with Gasteiger partial charge in [-0.15, -0.1) is 0 Å². The van der Waals surface area contributed by atoms with Gasteiger partial charge in [0.1, 0.15) is 6.10 Å².